The lowest BCUT2D eigenvalue weighted by Crippen LogP contribution is -2.43. The normalized spacial score (nSPS) is 20.3. The fraction of sp³-hybridized carbons (Fsp3) is 0.448. The van der Waals surface area contributed by atoms with E-state index in [1.807, 2.05) is 12.1 Å². The van der Waals surface area contributed by atoms with Gasteiger partial charge in [-0.05, 0) is 74.3 Å². The van der Waals surface area contributed by atoms with Gasteiger partial charge in [-0.3, -0.25) is 19.6 Å². The molecule has 1 amide bonds. The number of benzene rings is 1. The largest absolute Gasteiger partial charge is 0.469 e. The van der Waals surface area contributed by atoms with Gasteiger partial charge < -0.3 is 15.0 Å². The molecule has 2 saturated carbocycles. The molecule has 5 rings (SSSR count). The zero-order chi connectivity index (χ0) is 27.7. The Morgan fingerprint density at radius 2 is 1.67 bits per heavy atom. The van der Waals surface area contributed by atoms with Gasteiger partial charge in [-0.15, -0.1) is 0 Å². The van der Waals surface area contributed by atoms with E-state index >= 15 is 0 Å². The molecule has 0 aliphatic heterocycles. The van der Waals surface area contributed by atoms with Gasteiger partial charge in [-0.1, -0.05) is 12.1 Å². The van der Waals surface area contributed by atoms with Crippen LogP contribution >= 0.6 is 0 Å². The molecule has 0 radical (unpaired) electrons. The third kappa shape index (κ3) is 5.69. The Morgan fingerprint density at radius 3 is 2.28 bits per heavy atom. The minimum Gasteiger partial charge on any atom is -0.469 e. The summed E-state index contributed by atoms with van der Waals surface area (Å²) in [6.45, 7) is 0. The van der Waals surface area contributed by atoms with Crippen LogP contribution in [0, 0.1) is 11.8 Å². The Hall–Kier alpha value is -3.69. The maximum absolute atomic E-state index is 14.3. The van der Waals surface area contributed by atoms with E-state index in [2.05, 4.69) is 15.3 Å². The third-order valence-electron chi connectivity index (χ3n) is 7.81. The zero-order valence-corrected chi connectivity index (χ0v) is 21.9. The molecule has 1 aromatic carbocycles. The quantitative estimate of drug-likeness (QED) is 0.355. The second-order valence-corrected chi connectivity index (χ2v) is 10.4. The average Bonchev–Trinajstić information content (AvgIpc) is 3.77. The molecule has 0 bridgehead atoms. The van der Waals surface area contributed by atoms with Crippen LogP contribution in [0.2, 0.25) is 0 Å². The van der Waals surface area contributed by atoms with Crippen LogP contribution in [0.15, 0.2) is 48.8 Å². The Labute approximate surface area is 224 Å². The van der Waals surface area contributed by atoms with Crippen molar-refractivity contribution in [2.75, 3.05) is 19.5 Å². The van der Waals surface area contributed by atoms with Gasteiger partial charge >= 0.3 is 12.1 Å². The van der Waals surface area contributed by atoms with Crippen LogP contribution in [0.3, 0.4) is 0 Å². The van der Waals surface area contributed by atoms with Gasteiger partial charge in [0, 0.05) is 30.4 Å². The molecule has 1 N–H and O–H groups in total. The highest BCUT2D eigenvalue weighted by molar-refractivity contribution is 5.85. The monoisotopic (exact) mass is 540 g/mol. The molecule has 0 spiro atoms. The first-order valence-corrected chi connectivity index (χ1v) is 13.2. The van der Waals surface area contributed by atoms with E-state index in [0.717, 1.165) is 40.0 Å². The summed E-state index contributed by atoms with van der Waals surface area (Å²) in [5.41, 5.74) is 4.10. The number of ether oxygens (including phenoxy) is 1. The fourth-order valence-corrected chi connectivity index (χ4v) is 5.62. The van der Waals surface area contributed by atoms with Gasteiger partial charge in [0.2, 0.25) is 5.91 Å². The van der Waals surface area contributed by atoms with Crippen molar-refractivity contribution in [2.45, 2.75) is 56.7 Å². The summed E-state index contributed by atoms with van der Waals surface area (Å²) < 4.78 is 47.5. The van der Waals surface area contributed by atoms with Gasteiger partial charge in [0.1, 0.15) is 0 Å². The van der Waals surface area contributed by atoms with Crippen LogP contribution in [-0.2, 0) is 14.3 Å². The summed E-state index contributed by atoms with van der Waals surface area (Å²) in [6.07, 6.45) is 2.49. The smallest absolute Gasteiger partial charge is 0.413 e. The first-order valence-electron chi connectivity index (χ1n) is 13.2. The number of rotatable bonds is 7. The highest BCUT2D eigenvalue weighted by Gasteiger charge is 2.46. The maximum atomic E-state index is 14.3. The van der Waals surface area contributed by atoms with Gasteiger partial charge in [-0.2, -0.15) is 13.2 Å². The van der Waals surface area contributed by atoms with E-state index in [0.29, 0.717) is 37.3 Å². The van der Waals surface area contributed by atoms with Gasteiger partial charge in [0.05, 0.1) is 35.9 Å². The molecule has 2 aromatic heterocycles. The summed E-state index contributed by atoms with van der Waals surface area (Å²) in [5, 5.41) is 3.31. The average molecular weight is 541 g/mol. The van der Waals surface area contributed by atoms with Crippen LogP contribution < -0.4 is 5.32 Å². The highest BCUT2D eigenvalue weighted by atomic mass is 19.4. The van der Waals surface area contributed by atoms with Crippen molar-refractivity contribution >= 4 is 34.3 Å². The van der Waals surface area contributed by atoms with Crippen molar-refractivity contribution in [2.24, 2.45) is 11.8 Å². The molecule has 0 saturated heterocycles. The predicted octanol–water partition coefficient (Wildman–Crippen LogP) is 6.29. The molecule has 2 aliphatic rings. The van der Waals surface area contributed by atoms with Crippen molar-refractivity contribution in [1.29, 1.82) is 0 Å². The van der Waals surface area contributed by atoms with E-state index in [-0.39, 0.29) is 17.5 Å². The van der Waals surface area contributed by atoms with Crippen LogP contribution in [0.25, 0.3) is 11.0 Å². The van der Waals surface area contributed by atoms with Gasteiger partial charge in [-0.25, -0.2) is 0 Å². The number of hydrogen-bond donors (Lipinski definition) is 1. The molecule has 2 aliphatic carbocycles. The van der Waals surface area contributed by atoms with Crippen LogP contribution in [-0.4, -0.2) is 47.1 Å². The lowest BCUT2D eigenvalue weighted by atomic mass is 9.81. The van der Waals surface area contributed by atoms with Crippen molar-refractivity contribution in [3.63, 3.8) is 0 Å². The number of carbonyl (C=O) groups is 2. The Bertz CT molecular complexity index is 1350. The minimum atomic E-state index is -4.66. The van der Waals surface area contributed by atoms with Crippen LogP contribution in [0.5, 0.6) is 0 Å². The Kier molecular flexibility index (Phi) is 7.46. The zero-order valence-electron chi connectivity index (χ0n) is 21.9. The number of anilines is 2. The summed E-state index contributed by atoms with van der Waals surface area (Å²) in [7, 11) is 2.51. The van der Waals surface area contributed by atoms with E-state index in [1.54, 1.807) is 24.5 Å². The molecule has 3 aromatic rings. The van der Waals surface area contributed by atoms with E-state index in [4.69, 9.17) is 4.74 Å². The number of hydrogen-bond acceptors (Lipinski definition) is 6. The van der Waals surface area contributed by atoms with Crippen molar-refractivity contribution in [3.8, 4) is 0 Å². The molecule has 1 atom stereocenters. The number of pyridine rings is 2. The third-order valence-corrected chi connectivity index (χ3v) is 7.81. The lowest BCUT2D eigenvalue weighted by molar-refractivity contribution is -0.191. The Morgan fingerprint density at radius 1 is 1.00 bits per heavy atom. The molecule has 2 fully saturated rings. The number of carbonyl (C=O) groups excluding carboxylic acids is 2. The standard InChI is InChI=1S/C29H31F3N4O3/c1-36(27(37)19-7-9-20(10-8-19)28(38)39-2)26(29(30,31)32)18-11-13-21(14-12-18)35-23-16-34-22-4-3-15-33-25(22)24(23)17-5-6-17/h3-4,11-17,19-20,26,35H,5-10H2,1-2H3/t19?,20?,26-/m0/s1. The second kappa shape index (κ2) is 10.8. The highest BCUT2D eigenvalue weighted by Crippen LogP contribution is 2.46. The van der Waals surface area contributed by atoms with Crippen LogP contribution in [0.4, 0.5) is 24.5 Å². The molecule has 10 heteroatoms. The second-order valence-electron chi connectivity index (χ2n) is 10.4. The molecular weight excluding hydrogens is 509 g/mol. The van der Waals surface area contributed by atoms with Crippen molar-refractivity contribution in [1.82, 2.24) is 14.9 Å². The number of nitrogens with one attached hydrogen (secondary N) is 1. The SMILES string of the molecule is COC(=O)C1CCC(C(=O)N(C)[C@@H](c2ccc(Nc3cnc4cccnc4c3C3CC3)cc2)C(F)(F)F)CC1. The lowest BCUT2D eigenvalue weighted by Gasteiger charge is -2.35. The summed E-state index contributed by atoms with van der Waals surface area (Å²) in [5.74, 6) is -1.39. The predicted molar refractivity (Wildman–Crippen MR) is 140 cm³/mol. The topological polar surface area (TPSA) is 84.4 Å². The molecular formula is C29H31F3N4O3. The molecule has 39 heavy (non-hydrogen) atoms. The molecule has 2 heterocycles. The summed E-state index contributed by atoms with van der Waals surface area (Å²) in [6, 6.07) is 7.66. The summed E-state index contributed by atoms with van der Waals surface area (Å²) in [4.78, 5) is 34.7. The number of esters is 1. The minimum absolute atomic E-state index is 0.0205. The van der Waals surface area contributed by atoms with Crippen molar-refractivity contribution < 1.29 is 27.5 Å². The number of alkyl halides is 3. The molecule has 0 unspecified atom stereocenters. The number of aromatic nitrogens is 2. The number of fused-ring (bicyclic) bond motifs is 1. The first-order chi connectivity index (χ1) is 18.7. The number of nitrogens with zero attached hydrogens (tertiary/aromatic N) is 3. The number of halogens is 3. The fourth-order valence-electron chi connectivity index (χ4n) is 5.62. The number of amides is 1. The van der Waals surface area contributed by atoms with E-state index in [9.17, 15) is 22.8 Å². The molecule has 206 valence electrons. The summed E-state index contributed by atoms with van der Waals surface area (Å²) >= 11 is 0. The van der Waals surface area contributed by atoms with Crippen molar-refractivity contribution in [3.05, 3.63) is 59.9 Å². The van der Waals surface area contributed by atoms with Crippen LogP contribution in [0.1, 0.15) is 61.6 Å². The van der Waals surface area contributed by atoms with Gasteiger partial charge in [0.25, 0.3) is 0 Å². The number of methoxy groups -OCH3 is 1. The molecule has 7 nitrogen and oxygen atoms in total. The van der Waals surface area contributed by atoms with Gasteiger partial charge in [0.15, 0.2) is 6.04 Å². The first kappa shape index (κ1) is 26.9. The Balaban J connectivity index is 1.33. The van der Waals surface area contributed by atoms with E-state index in [1.165, 1.54) is 26.3 Å². The maximum Gasteiger partial charge on any atom is 0.413 e. The van der Waals surface area contributed by atoms with E-state index < -0.39 is 24.0 Å².